The fourth-order valence-corrected chi connectivity index (χ4v) is 6.50. The normalized spacial score (nSPS) is 23.3. The quantitative estimate of drug-likeness (QED) is 0.609. The standard InChI is InChI=1S/C25H36N4O5S/c1-6-7-22(28(5)24(31)34-25(2,3)4)23(30)27-21-13-10-18-15-29(16-20(18)21)35(32,33)19-11-8-17(14-26)9-12-19/h8-9,11-12,18,20-22H,6-7,10,13,15-16H2,1-5H3,(H,27,30)/t18-,20+,21+,22?/m1/s1. The van der Waals surface area contributed by atoms with Gasteiger partial charge in [-0.05, 0) is 76.1 Å². The summed E-state index contributed by atoms with van der Waals surface area (Å²) in [6.45, 7) is 8.05. The van der Waals surface area contributed by atoms with Crippen molar-refractivity contribution in [3.05, 3.63) is 29.8 Å². The lowest BCUT2D eigenvalue weighted by atomic mass is 9.97. The lowest BCUT2D eigenvalue weighted by Gasteiger charge is -2.31. The zero-order valence-corrected chi connectivity index (χ0v) is 22.0. The van der Waals surface area contributed by atoms with Gasteiger partial charge in [0.25, 0.3) is 0 Å². The van der Waals surface area contributed by atoms with Gasteiger partial charge in [-0.1, -0.05) is 13.3 Å². The Bertz CT molecular complexity index is 1070. The van der Waals surface area contributed by atoms with E-state index >= 15 is 0 Å². The van der Waals surface area contributed by atoms with Crippen LogP contribution in [-0.2, 0) is 19.6 Å². The van der Waals surface area contributed by atoms with Crippen molar-refractivity contribution in [1.82, 2.24) is 14.5 Å². The van der Waals surface area contributed by atoms with E-state index in [0.29, 0.717) is 25.1 Å². The average molecular weight is 505 g/mol. The van der Waals surface area contributed by atoms with Gasteiger partial charge in [-0.15, -0.1) is 0 Å². The molecule has 0 spiro atoms. The number of nitrogens with zero attached hydrogens (tertiary/aromatic N) is 3. The molecule has 1 saturated carbocycles. The Morgan fingerprint density at radius 2 is 1.89 bits per heavy atom. The maximum Gasteiger partial charge on any atom is 0.410 e. The third kappa shape index (κ3) is 6.14. The first-order valence-electron chi connectivity index (χ1n) is 12.1. The van der Waals surface area contributed by atoms with Crippen molar-refractivity contribution in [3.63, 3.8) is 0 Å². The van der Waals surface area contributed by atoms with Crippen LogP contribution in [0.25, 0.3) is 0 Å². The summed E-state index contributed by atoms with van der Waals surface area (Å²) in [6.07, 6.45) is 2.28. The lowest BCUT2D eigenvalue weighted by Crippen LogP contribution is -2.52. The maximum atomic E-state index is 13.2. The molecule has 1 aromatic carbocycles. The second-order valence-electron chi connectivity index (χ2n) is 10.5. The number of sulfonamides is 1. The summed E-state index contributed by atoms with van der Waals surface area (Å²) in [6, 6.07) is 7.11. The van der Waals surface area contributed by atoms with Gasteiger partial charge in [-0.3, -0.25) is 9.69 Å². The van der Waals surface area contributed by atoms with Gasteiger partial charge < -0.3 is 10.1 Å². The van der Waals surface area contributed by atoms with Crippen molar-refractivity contribution in [2.75, 3.05) is 20.1 Å². The van der Waals surface area contributed by atoms with Crippen LogP contribution in [0.5, 0.6) is 0 Å². The first-order valence-corrected chi connectivity index (χ1v) is 13.6. The molecule has 10 heteroatoms. The third-order valence-corrected chi connectivity index (χ3v) is 8.63. The molecule has 1 N–H and O–H groups in total. The van der Waals surface area contributed by atoms with Crippen LogP contribution in [0.3, 0.4) is 0 Å². The summed E-state index contributed by atoms with van der Waals surface area (Å²) >= 11 is 0. The van der Waals surface area contributed by atoms with E-state index in [4.69, 9.17) is 10.00 Å². The van der Waals surface area contributed by atoms with Crippen molar-refractivity contribution in [3.8, 4) is 6.07 Å². The van der Waals surface area contributed by atoms with E-state index in [0.717, 1.165) is 19.3 Å². The van der Waals surface area contributed by atoms with Crippen molar-refractivity contribution in [2.24, 2.45) is 11.8 Å². The number of hydrogen-bond acceptors (Lipinski definition) is 6. The highest BCUT2D eigenvalue weighted by Gasteiger charge is 2.47. The molecule has 1 aromatic rings. The van der Waals surface area contributed by atoms with Crippen molar-refractivity contribution in [2.45, 2.75) is 76.0 Å². The molecule has 9 nitrogen and oxygen atoms in total. The van der Waals surface area contributed by atoms with Crippen LogP contribution in [0.1, 0.15) is 58.9 Å². The van der Waals surface area contributed by atoms with E-state index in [9.17, 15) is 18.0 Å². The largest absolute Gasteiger partial charge is 0.444 e. The smallest absolute Gasteiger partial charge is 0.410 e. The van der Waals surface area contributed by atoms with Gasteiger partial charge in [0.1, 0.15) is 11.6 Å². The van der Waals surface area contributed by atoms with Crippen LogP contribution in [0.15, 0.2) is 29.2 Å². The van der Waals surface area contributed by atoms with Crippen molar-refractivity contribution < 1.29 is 22.7 Å². The molecule has 3 rings (SSSR count). The van der Waals surface area contributed by atoms with Gasteiger partial charge in [-0.2, -0.15) is 9.57 Å². The molecular formula is C25H36N4O5S. The number of fused-ring (bicyclic) bond motifs is 1. The number of carbonyl (C=O) groups excluding carboxylic acids is 2. The van der Waals surface area contributed by atoms with Crippen LogP contribution in [-0.4, -0.2) is 67.4 Å². The van der Waals surface area contributed by atoms with E-state index in [1.807, 2.05) is 13.0 Å². The molecule has 1 aliphatic carbocycles. The van der Waals surface area contributed by atoms with E-state index in [1.54, 1.807) is 27.8 Å². The van der Waals surface area contributed by atoms with Gasteiger partial charge in [-0.25, -0.2) is 13.2 Å². The molecule has 0 aromatic heterocycles. The molecule has 192 valence electrons. The Balaban J connectivity index is 1.68. The van der Waals surface area contributed by atoms with Gasteiger partial charge in [0.15, 0.2) is 0 Å². The average Bonchev–Trinajstić information content (AvgIpc) is 3.38. The van der Waals surface area contributed by atoms with Crippen molar-refractivity contribution >= 4 is 22.0 Å². The second kappa shape index (κ2) is 10.5. The third-order valence-electron chi connectivity index (χ3n) is 6.79. The predicted molar refractivity (Wildman–Crippen MR) is 131 cm³/mol. The van der Waals surface area contributed by atoms with E-state index in [1.165, 1.54) is 33.5 Å². The van der Waals surface area contributed by atoms with Gasteiger partial charge in [0.2, 0.25) is 15.9 Å². The van der Waals surface area contributed by atoms with Gasteiger partial charge >= 0.3 is 6.09 Å². The van der Waals surface area contributed by atoms with E-state index in [2.05, 4.69) is 5.32 Å². The number of benzene rings is 1. The van der Waals surface area contributed by atoms with Crippen LogP contribution in [0.4, 0.5) is 4.79 Å². The summed E-state index contributed by atoms with van der Waals surface area (Å²) in [5, 5.41) is 12.1. The van der Waals surface area contributed by atoms with Crippen molar-refractivity contribution in [1.29, 1.82) is 5.26 Å². The minimum Gasteiger partial charge on any atom is -0.444 e. The van der Waals surface area contributed by atoms with Crippen LogP contribution in [0.2, 0.25) is 0 Å². The Morgan fingerprint density at radius 1 is 1.23 bits per heavy atom. The fourth-order valence-electron chi connectivity index (χ4n) is 4.96. The molecule has 4 atom stereocenters. The Labute approximate surface area is 208 Å². The molecule has 0 bridgehead atoms. The highest BCUT2D eigenvalue weighted by atomic mass is 32.2. The Hall–Kier alpha value is -2.64. The first-order chi connectivity index (χ1) is 16.4. The molecule has 1 heterocycles. The van der Waals surface area contributed by atoms with Gasteiger partial charge in [0.05, 0.1) is 16.5 Å². The predicted octanol–water partition coefficient (Wildman–Crippen LogP) is 3.11. The molecule has 1 unspecified atom stereocenters. The maximum absolute atomic E-state index is 13.2. The molecule has 2 amide bonds. The first kappa shape index (κ1) is 27.0. The second-order valence-corrected chi connectivity index (χ2v) is 12.4. The zero-order valence-electron chi connectivity index (χ0n) is 21.2. The van der Waals surface area contributed by atoms with Crippen LogP contribution >= 0.6 is 0 Å². The highest BCUT2D eigenvalue weighted by molar-refractivity contribution is 7.89. The SMILES string of the molecule is CCCC(C(=O)N[C@H]1CC[C@@H]2CN(S(=O)(=O)c3ccc(C#N)cc3)C[C@@H]21)N(C)C(=O)OC(C)(C)C. The number of rotatable bonds is 7. The molecule has 1 saturated heterocycles. The topological polar surface area (TPSA) is 120 Å². The lowest BCUT2D eigenvalue weighted by molar-refractivity contribution is -0.127. The Morgan fingerprint density at radius 3 is 2.46 bits per heavy atom. The molecule has 35 heavy (non-hydrogen) atoms. The summed E-state index contributed by atoms with van der Waals surface area (Å²) in [5.41, 5.74) is -0.256. The number of nitrogens with one attached hydrogen (secondary N) is 1. The number of carbonyl (C=O) groups is 2. The Kier molecular flexibility index (Phi) is 8.12. The van der Waals surface area contributed by atoms with Crippen LogP contribution < -0.4 is 5.32 Å². The monoisotopic (exact) mass is 504 g/mol. The zero-order chi connectivity index (χ0) is 26.0. The summed E-state index contributed by atoms with van der Waals surface area (Å²) in [7, 11) is -2.11. The number of amides is 2. The molecular weight excluding hydrogens is 468 g/mol. The van der Waals surface area contributed by atoms with E-state index < -0.39 is 27.8 Å². The summed E-state index contributed by atoms with van der Waals surface area (Å²) in [5.74, 6) is -0.0536. The minimum absolute atomic E-state index is 0.0150. The fraction of sp³-hybridized carbons (Fsp3) is 0.640. The summed E-state index contributed by atoms with van der Waals surface area (Å²) in [4.78, 5) is 27.3. The van der Waals surface area contributed by atoms with E-state index in [-0.39, 0.29) is 28.7 Å². The number of ether oxygens (including phenoxy) is 1. The molecule has 1 aliphatic heterocycles. The molecule has 2 fully saturated rings. The minimum atomic E-state index is -3.68. The molecule has 0 radical (unpaired) electrons. The number of likely N-dealkylation sites (N-methyl/N-ethyl adjacent to an activating group) is 1. The van der Waals surface area contributed by atoms with Gasteiger partial charge in [0, 0.05) is 26.2 Å². The number of hydrogen-bond donors (Lipinski definition) is 1. The van der Waals surface area contributed by atoms with Crippen LogP contribution in [0, 0.1) is 23.2 Å². The summed E-state index contributed by atoms with van der Waals surface area (Å²) < 4.78 is 33.3. The highest BCUT2D eigenvalue weighted by Crippen LogP contribution is 2.40. The molecule has 2 aliphatic rings. The number of nitriles is 1.